The van der Waals surface area contributed by atoms with Gasteiger partial charge in [-0.3, -0.25) is 0 Å². The Kier molecular flexibility index (Phi) is 10.5. The molecule has 0 saturated carbocycles. The molecule has 1 heterocycles. The molecule has 1 N–H and O–H groups in total. The highest BCUT2D eigenvalue weighted by Gasteiger charge is 2.18. The van der Waals surface area contributed by atoms with Crippen molar-refractivity contribution >= 4 is 41.3 Å². The van der Waals surface area contributed by atoms with Gasteiger partial charge in [-0.1, -0.05) is 20.4 Å². The SMILES string of the molecule is C=N/C(Cl)=N\c1c(C)cc(C(=C)OC)n1CCNC(=O)OC(C)(C)C.CC. The average molecular weight is 399 g/mol. The molecule has 7 nitrogen and oxygen atoms in total. The van der Waals surface area contributed by atoms with Gasteiger partial charge < -0.3 is 19.4 Å². The first-order chi connectivity index (χ1) is 12.6. The van der Waals surface area contributed by atoms with Crippen molar-refractivity contribution in [3.63, 3.8) is 0 Å². The van der Waals surface area contributed by atoms with Gasteiger partial charge in [0.25, 0.3) is 0 Å². The van der Waals surface area contributed by atoms with Crippen LogP contribution in [0.1, 0.15) is 45.9 Å². The second-order valence-corrected chi connectivity index (χ2v) is 6.62. The van der Waals surface area contributed by atoms with Gasteiger partial charge in [0, 0.05) is 13.1 Å². The number of methoxy groups -OCH3 is 1. The van der Waals surface area contributed by atoms with Crippen molar-refractivity contribution in [2.75, 3.05) is 13.7 Å². The Morgan fingerprint density at radius 1 is 1.37 bits per heavy atom. The standard InChI is InChI=1S/C17H25ClN4O3.C2H6/c1-11-10-13(12(2)24-7)22(14(11)21-15(18)19-6)9-8-20-16(23)25-17(3,4)5;1-2/h10H,2,6,8-9H2,1,3-5,7H3,(H,20,23);1-2H3/b21-15-;. The van der Waals surface area contributed by atoms with Gasteiger partial charge >= 0.3 is 6.09 Å². The molecule has 0 fully saturated rings. The van der Waals surface area contributed by atoms with E-state index >= 15 is 0 Å². The van der Waals surface area contributed by atoms with E-state index in [9.17, 15) is 4.79 Å². The van der Waals surface area contributed by atoms with Crippen LogP contribution >= 0.6 is 11.6 Å². The summed E-state index contributed by atoms with van der Waals surface area (Å²) in [5.41, 5.74) is 1.05. The lowest BCUT2D eigenvalue weighted by Crippen LogP contribution is -2.34. The van der Waals surface area contributed by atoms with Crippen LogP contribution in [0.5, 0.6) is 0 Å². The molecule has 27 heavy (non-hydrogen) atoms. The van der Waals surface area contributed by atoms with E-state index in [1.54, 1.807) is 20.8 Å². The van der Waals surface area contributed by atoms with E-state index in [1.807, 2.05) is 31.4 Å². The Labute approximate surface area is 167 Å². The van der Waals surface area contributed by atoms with Gasteiger partial charge in [0.2, 0.25) is 5.29 Å². The fourth-order valence-electron chi connectivity index (χ4n) is 2.09. The Bertz CT molecular complexity index is 688. The summed E-state index contributed by atoms with van der Waals surface area (Å²) < 4.78 is 12.3. The minimum atomic E-state index is -0.553. The van der Waals surface area contributed by atoms with Crippen LogP contribution < -0.4 is 5.32 Å². The zero-order valence-electron chi connectivity index (χ0n) is 17.4. The summed E-state index contributed by atoms with van der Waals surface area (Å²) in [6.45, 7) is 19.3. The Morgan fingerprint density at radius 2 is 1.96 bits per heavy atom. The zero-order valence-corrected chi connectivity index (χ0v) is 18.1. The zero-order chi connectivity index (χ0) is 21.2. The third-order valence-electron chi connectivity index (χ3n) is 3.12. The summed E-state index contributed by atoms with van der Waals surface area (Å²) in [4.78, 5) is 19.6. The predicted molar refractivity (Wildman–Crippen MR) is 113 cm³/mol. The molecular formula is C19H31ClN4O3. The number of hydrogen-bond acceptors (Lipinski definition) is 4. The molecule has 0 aliphatic rings. The van der Waals surface area contributed by atoms with Gasteiger partial charge in [0.1, 0.15) is 17.2 Å². The van der Waals surface area contributed by atoms with Crippen molar-refractivity contribution in [3.8, 4) is 0 Å². The number of amides is 1. The number of hydrogen-bond donors (Lipinski definition) is 1. The van der Waals surface area contributed by atoms with Gasteiger partial charge in [-0.15, -0.1) is 0 Å². The fourth-order valence-corrected chi connectivity index (χ4v) is 2.17. The topological polar surface area (TPSA) is 77.2 Å². The molecule has 8 heteroatoms. The van der Waals surface area contributed by atoms with Gasteiger partial charge in [-0.05, 0) is 57.6 Å². The largest absolute Gasteiger partial charge is 0.495 e. The molecule has 1 amide bonds. The molecule has 0 unspecified atom stereocenters. The van der Waals surface area contributed by atoms with Gasteiger partial charge in [0.05, 0.1) is 12.8 Å². The smallest absolute Gasteiger partial charge is 0.407 e. The molecule has 0 atom stereocenters. The number of alkyl carbamates (subject to hydrolysis) is 1. The molecule has 0 aliphatic carbocycles. The molecule has 1 aromatic heterocycles. The highest BCUT2D eigenvalue weighted by atomic mass is 35.5. The van der Waals surface area contributed by atoms with E-state index in [1.165, 1.54) is 7.11 Å². The Balaban J connectivity index is 0.00000326. The molecule has 0 radical (unpaired) electrons. The summed E-state index contributed by atoms with van der Waals surface area (Å²) in [5.74, 6) is 1.07. The lowest BCUT2D eigenvalue weighted by Gasteiger charge is -2.20. The number of aromatic nitrogens is 1. The first-order valence-electron chi connectivity index (χ1n) is 8.70. The summed E-state index contributed by atoms with van der Waals surface area (Å²) in [6.07, 6.45) is -0.487. The number of carbonyl (C=O) groups excluding carboxylic acids is 1. The number of amidine groups is 1. The molecule has 1 aromatic rings. The minimum Gasteiger partial charge on any atom is -0.495 e. The van der Waals surface area contributed by atoms with Crippen molar-refractivity contribution in [2.45, 2.75) is 53.7 Å². The summed E-state index contributed by atoms with van der Waals surface area (Å²) in [6, 6.07) is 1.88. The number of rotatable bonds is 6. The van der Waals surface area contributed by atoms with E-state index in [2.05, 4.69) is 28.6 Å². The number of ether oxygens (including phenoxy) is 2. The third kappa shape index (κ3) is 8.30. The van der Waals surface area contributed by atoms with Crippen LogP contribution in [-0.4, -0.2) is 41.9 Å². The molecule has 1 rings (SSSR count). The van der Waals surface area contributed by atoms with E-state index in [-0.39, 0.29) is 5.29 Å². The van der Waals surface area contributed by atoms with Crippen molar-refractivity contribution < 1.29 is 14.3 Å². The van der Waals surface area contributed by atoms with Crippen LogP contribution in [-0.2, 0) is 16.0 Å². The summed E-state index contributed by atoms with van der Waals surface area (Å²) in [5, 5.41) is 2.73. The highest BCUT2D eigenvalue weighted by Crippen LogP contribution is 2.28. The van der Waals surface area contributed by atoms with Crippen LogP contribution in [0.4, 0.5) is 10.6 Å². The normalized spacial score (nSPS) is 11.2. The van der Waals surface area contributed by atoms with E-state index in [0.717, 1.165) is 11.3 Å². The molecule has 0 aromatic carbocycles. The van der Waals surface area contributed by atoms with Crippen molar-refractivity contribution in [1.82, 2.24) is 9.88 Å². The second kappa shape index (κ2) is 11.4. The predicted octanol–water partition coefficient (Wildman–Crippen LogP) is 4.89. The van der Waals surface area contributed by atoms with Crippen molar-refractivity contribution in [3.05, 3.63) is 23.9 Å². The lowest BCUT2D eigenvalue weighted by atomic mass is 10.2. The van der Waals surface area contributed by atoms with Gasteiger partial charge in [0.15, 0.2) is 0 Å². The maximum Gasteiger partial charge on any atom is 0.407 e. The number of nitrogens with zero attached hydrogens (tertiary/aromatic N) is 3. The maximum atomic E-state index is 11.8. The molecule has 0 saturated heterocycles. The Morgan fingerprint density at radius 3 is 2.44 bits per heavy atom. The lowest BCUT2D eigenvalue weighted by molar-refractivity contribution is 0.0526. The number of nitrogens with one attached hydrogen (secondary N) is 1. The van der Waals surface area contributed by atoms with Gasteiger partial charge in [-0.2, -0.15) is 0 Å². The van der Waals surface area contributed by atoms with Crippen molar-refractivity contribution in [2.24, 2.45) is 9.98 Å². The third-order valence-corrected chi connectivity index (χ3v) is 3.32. The van der Waals surface area contributed by atoms with Crippen LogP contribution in [0.3, 0.4) is 0 Å². The monoisotopic (exact) mass is 398 g/mol. The second-order valence-electron chi connectivity index (χ2n) is 6.28. The number of aliphatic imine (C=N–C) groups is 2. The quantitative estimate of drug-likeness (QED) is 0.320. The van der Waals surface area contributed by atoms with Gasteiger partial charge in [-0.25, -0.2) is 14.8 Å². The number of halogens is 1. The fraction of sp³-hybridized carbons (Fsp3) is 0.526. The van der Waals surface area contributed by atoms with Crippen LogP contribution in [0, 0.1) is 6.92 Å². The van der Waals surface area contributed by atoms with E-state index in [4.69, 9.17) is 21.1 Å². The average Bonchev–Trinajstić information content (AvgIpc) is 2.90. The first-order valence-corrected chi connectivity index (χ1v) is 9.08. The number of carbonyl (C=O) groups is 1. The van der Waals surface area contributed by atoms with Crippen LogP contribution in [0.25, 0.3) is 5.76 Å². The molecule has 0 spiro atoms. The first kappa shape index (κ1) is 24.7. The molecular weight excluding hydrogens is 368 g/mol. The van der Waals surface area contributed by atoms with E-state index < -0.39 is 11.7 Å². The van der Waals surface area contributed by atoms with Crippen molar-refractivity contribution in [1.29, 1.82) is 0 Å². The van der Waals surface area contributed by atoms with Crippen LogP contribution in [0.15, 0.2) is 22.6 Å². The molecule has 0 bridgehead atoms. The molecule has 0 aliphatic heterocycles. The highest BCUT2D eigenvalue weighted by molar-refractivity contribution is 6.65. The minimum absolute atomic E-state index is 0.0251. The summed E-state index contributed by atoms with van der Waals surface area (Å²) in [7, 11) is 1.54. The number of aryl methyl sites for hydroxylation is 1. The Hall–Kier alpha value is -2.28. The summed E-state index contributed by atoms with van der Waals surface area (Å²) >= 11 is 5.89. The maximum absolute atomic E-state index is 11.8. The molecule has 152 valence electrons. The van der Waals surface area contributed by atoms with Crippen LogP contribution in [0.2, 0.25) is 0 Å². The van der Waals surface area contributed by atoms with E-state index in [0.29, 0.717) is 24.7 Å².